The average molecular weight is 413 g/mol. The number of nitro groups is 1. The molecule has 1 amide bonds. The number of carbonyl (C=O) groups is 1. The van der Waals surface area contributed by atoms with Crippen molar-refractivity contribution in [1.29, 1.82) is 0 Å². The van der Waals surface area contributed by atoms with Gasteiger partial charge in [-0.25, -0.2) is 0 Å². The summed E-state index contributed by atoms with van der Waals surface area (Å²) in [4.78, 5) is 22.3. The van der Waals surface area contributed by atoms with Crippen molar-refractivity contribution in [2.24, 2.45) is 0 Å². The molecule has 0 saturated carbocycles. The van der Waals surface area contributed by atoms with Crippen LogP contribution in [0.2, 0.25) is 10.0 Å². The first-order valence-electron chi connectivity index (χ1n) is 7.31. The van der Waals surface area contributed by atoms with Crippen molar-refractivity contribution in [3.63, 3.8) is 0 Å². The molecule has 0 aliphatic rings. The van der Waals surface area contributed by atoms with E-state index in [1.54, 1.807) is 25.1 Å². The lowest BCUT2D eigenvalue weighted by molar-refractivity contribution is -0.384. The summed E-state index contributed by atoms with van der Waals surface area (Å²) < 4.78 is 0. The summed E-state index contributed by atoms with van der Waals surface area (Å²) in [7, 11) is 0. The highest BCUT2D eigenvalue weighted by atomic mass is 35.5. The van der Waals surface area contributed by atoms with E-state index in [1.807, 2.05) is 0 Å². The van der Waals surface area contributed by atoms with E-state index in [-0.39, 0.29) is 34.0 Å². The van der Waals surface area contributed by atoms with Gasteiger partial charge in [0.1, 0.15) is 0 Å². The Morgan fingerprint density at radius 2 is 1.88 bits per heavy atom. The Bertz CT molecular complexity index is 877. The van der Waals surface area contributed by atoms with Crippen LogP contribution in [0, 0.1) is 17.0 Å². The van der Waals surface area contributed by atoms with E-state index in [0.29, 0.717) is 10.7 Å². The fourth-order valence-electron chi connectivity index (χ4n) is 1.99. The summed E-state index contributed by atoms with van der Waals surface area (Å²) in [6.07, 6.45) is 0. The van der Waals surface area contributed by atoms with Crippen molar-refractivity contribution < 1.29 is 9.72 Å². The number of thiocarbonyl (C=S) groups is 1. The lowest BCUT2D eigenvalue weighted by Gasteiger charge is -2.13. The van der Waals surface area contributed by atoms with Gasteiger partial charge >= 0.3 is 0 Å². The molecule has 136 valence electrons. The predicted molar refractivity (Wildman–Crippen MR) is 107 cm³/mol. The minimum atomic E-state index is -0.543. The molecular formula is C16H14Cl2N4O3S. The van der Waals surface area contributed by atoms with Crippen LogP contribution >= 0.6 is 35.4 Å². The molecule has 7 nitrogen and oxygen atoms in total. The zero-order valence-corrected chi connectivity index (χ0v) is 15.8. The number of halogens is 2. The molecule has 0 aliphatic heterocycles. The molecule has 2 aromatic rings. The number of carbonyl (C=O) groups excluding carboxylic acids is 1. The fourth-order valence-corrected chi connectivity index (χ4v) is 2.51. The topological polar surface area (TPSA) is 96.3 Å². The van der Waals surface area contributed by atoms with Gasteiger partial charge in [0, 0.05) is 22.8 Å². The highest BCUT2D eigenvalue weighted by Gasteiger charge is 2.12. The SMILES string of the molecule is Cc1c(Cl)cccc1NC(=O)CNC(=S)Nc1cc([N+](=O)[O-])ccc1Cl. The third-order valence-electron chi connectivity index (χ3n) is 3.36. The maximum absolute atomic E-state index is 12.0. The molecule has 2 rings (SSSR count). The van der Waals surface area contributed by atoms with Crippen LogP contribution in [0.25, 0.3) is 0 Å². The fraction of sp³-hybridized carbons (Fsp3) is 0.125. The van der Waals surface area contributed by atoms with Crippen LogP contribution in [0.4, 0.5) is 17.1 Å². The van der Waals surface area contributed by atoms with E-state index >= 15 is 0 Å². The first-order valence-corrected chi connectivity index (χ1v) is 8.48. The third-order valence-corrected chi connectivity index (χ3v) is 4.35. The molecule has 0 aliphatic carbocycles. The molecule has 0 aromatic heterocycles. The van der Waals surface area contributed by atoms with Crippen LogP contribution in [0.15, 0.2) is 36.4 Å². The molecule has 0 heterocycles. The molecule has 0 fully saturated rings. The number of nitrogens with one attached hydrogen (secondary N) is 3. The number of amides is 1. The smallest absolute Gasteiger partial charge is 0.271 e. The summed E-state index contributed by atoms with van der Waals surface area (Å²) in [5, 5.41) is 19.9. The third kappa shape index (κ3) is 5.29. The molecule has 26 heavy (non-hydrogen) atoms. The Kier molecular flexibility index (Phi) is 6.73. The zero-order valence-electron chi connectivity index (χ0n) is 13.5. The van der Waals surface area contributed by atoms with Crippen LogP contribution in [0.5, 0.6) is 0 Å². The van der Waals surface area contributed by atoms with Gasteiger partial charge in [-0.2, -0.15) is 0 Å². The van der Waals surface area contributed by atoms with Gasteiger partial charge < -0.3 is 16.0 Å². The quantitative estimate of drug-likeness (QED) is 0.388. The Morgan fingerprint density at radius 3 is 2.58 bits per heavy atom. The van der Waals surface area contributed by atoms with Crippen molar-refractivity contribution >= 4 is 63.5 Å². The molecule has 0 radical (unpaired) electrons. The minimum absolute atomic E-state index is 0.102. The predicted octanol–water partition coefficient (Wildman–Crippen LogP) is 4.14. The molecule has 0 unspecified atom stereocenters. The van der Waals surface area contributed by atoms with Gasteiger partial charge in [-0.15, -0.1) is 0 Å². The number of nitro benzene ring substituents is 1. The molecule has 0 atom stereocenters. The van der Waals surface area contributed by atoms with Crippen LogP contribution < -0.4 is 16.0 Å². The molecule has 0 spiro atoms. The van der Waals surface area contributed by atoms with Crippen molar-refractivity contribution in [3.8, 4) is 0 Å². The normalized spacial score (nSPS) is 10.1. The number of anilines is 2. The Balaban J connectivity index is 1.92. The highest BCUT2D eigenvalue weighted by molar-refractivity contribution is 7.80. The summed E-state index contributed by atoms with van der Waals surface area (Å²) in [6, 6.07) is 9.12. The van der Waals surface area contributed by atoms with Crippen molar-refractivity contribution in [3.05, 3.63) is 62.1 Å². The number of hydrogen-bond acceptors (Lipinski definition) is 4. The van der Waals surface area contributed by atoms with E-state index in [1.165, 1.54) is 18.2 Å². The Morgan fingerprint density at radius 1 is 1.15 bits per heavy atom. The van der Waals surface area contributed by atoms with E-state index in [9.17, 15) is 14.9 Å². The van der Waals surface area contributed by atoms with Crippen molar-refractivity contribution in [2.45, 2.75) is 6.92 Å². The summed E-state index contributed by atoms with van der Waals surface area (Å²) >= 11 is 17.1. The zero-order chi connectivity index (χ0) is 19.3. The van der Waals surface area contributed by atoms with Gasteiger partial charge in [0.15, 0.2) is 5.11 Å². The van der Waals surface area contributed by atoms with Gasteiger partial charge in [-0.3, -0.25) is 14.9 Å². The summed E-state index contributed by atoms with van der Waals surface area (Å²) in [5.41, 5.74) is 1.50. The molecule has 2 aromatic carbocycles. The lowest BCUT2D eigenvalue weighted by atomic mass is 10.2. The molecule has 0 saturated heterocycles. The highest BCUT2D eigenvalue weighted by Crippen LogP contribution is 2.26. The first-order chi connectivity index (χ1) is 12.3. The van der Waals surface area contributed by atoms with E-state index < -0.39 is 4.92 Å². The number of rotatable bonds is 5. The number of non-ortho nitro benzene ring substituents is 1. The van der Waals surface area contributed by atoms with Crippen molar-refractivity contribution in [1.82, 2.24) is 5.32 Å². The van der Waals surface area contributed by atoms with Gasteiger partial charge in [-0.1, -0.05) is 29.3 Å². The van der Waals surface area contributed by atoms with Gasteiger partial charge in [-0.05, 0) is 42.9 Å². The van der Waals surface area contributed by atoms with Crippen LogP contribution in [0.1, 0.15) is 5.56 Å². The maximum atomic E-state index is 12.0. The van der Waals surface area contributed by atoms with Gasteiger partial charge in [0.25, 0.3) is 5.69 Å². The first kappa shape index (κ1) is 19.9. The van der Waals surface area contributed by atoms with Crippen LogP contribution in [0.3, 0.4) is 0 Å². The second-order valence-electron chi connectivity index (χ2n) is 5.19. The van der Waals surface area contributed by atoms with Gasteiger partial charge in [0.05, 0.1) is 22.2 Å². The molecule has 3 N–H and O–H groups in total. The van der Waals surface area contributed by atoms with Crippen molar-refractivity contribution in [2.75, 3.05) is 17.2 Å². The Labute approximate surface area is 164 Å². The summed E-state index contributed by atoms with van der Waals surface area (Å²) in [5.74, 6) is -0.329. The number of benzene rings is 2. The standard InChI is InChI=1S/C16H14Cl2N4O3S/c1-9-11(17)3-2-4-13(9)20-15(23)8-19-16(26)21-14-7-10(22(24)25)5-6-12(14)18/h2-7H,8H2,1H3,(H,20,23)(H2,19,21,26). The van der Waals surface area contributed by atoms with E-state index in [4.69, 9.17) is 35.4 Å². The molecular weight excluding hydrogens is 399 g/mol. The van der Waals surface area contributed by atoms with E-state index in [0.717, 1.165) is 5.56 Å². The lowest BCUT2D eigenvalue weighted by Crippen LogP contribution is -2.35. The number of nitrogens with zero attached hydrogens (tertiary/aromatic N) is 1. The minimum Gasteiger partial charge on any atom is -0.353 e. The Hall–Kier alpha value is -2.42. The van der Waals surface area contributed by atoms with Crippen LogP contribution in [-0.2, 0) is 4.79 Å². The number of hydrogen-bond donors (Lipinski definition) is 3. The summed E-state index contributed by atoms with van der Waals surface area (Å²) in [6.45, 7) is 1.69. The monoisotopic (exact) mass is 412 g/mol. The average Bonchev–Trinajstić information content (AvgIpc) is 2.59. The molecule has 10 heteroatoms. The maximum Gasteiger partial charge on any atom is 0.271 e. The van der Waals surface area contributed by atoms with Crippen LogP contribution in [-0.4, -0.2) is 22.5 Å². The molecule has 0 bridgehead atoms. The van der Waals surface area contributed by atoms with Gasteiger partial charge in [0.2, 0.25) is 5.91 Å². The second kappa shape index (κ2) is 8.79. The van der Waals surface area contributed by atoms with E-state index in [2.05, 4.69) is 16.0 Å². The second-order valence-corrected chi connectivity index (χ2v) is 6.41. The largest absolute Gasteiger partial charge is 0.353 e.